The minimum absolute atomic E-state index is 0.0597. The number of hydrogen-bond donors (Lipinski definition) is 1. The summed E-state index contributed by atoms with van der Waals surface area (Å²) in [4.78, 5) is 19.0. The van der Waals surface area contributed by atoms with Crippen LogP contribution in [0.4, 0.5) is 5.69 Å². The lowest BCUT2D eigenvalue weighted by atomic mass is 10.1. The zero-order valence-electron chi connectivity index (χ0n) is 17.2. The quantitative estimate of drug-likeness (QED) is 0.572. The smallest absolute Gasteiger partial charge is 0.227 e. The van der Waals surface area contributed by atoms with E-state index in [-0.39, 0.29) is 24.6 Å². The summed E-state index contributed by atoms with van der Waals surface area (Å²) in [6, 6.07) is 18.1. The number of hydrogen-bond acceptors (Lipinski definition) is 5. The summed E-state index contributed by atoms with van der Waals surface area (Å²) in [6.07, 6.45) is 2.50. The van der Waals surface area contributed by atoms with E-state index in [2.05, 4.69) is 4.98 Å². The number of carbonyl (C=O) groups excluding carboxylic acids is 1. The molecule has 156 valence electrons. The molecule has 0 unspecified atom stereocenters. The Balaban J connectivity index is 1.77. The average molecular weight is 406 g/mol. The van der Waals surface area contributed by atoms with E-state index < -0.39 is 0 Å². The number of benzene rings is 2. The van der Waals surface area contributed by atoms with Gasteiger partial charge in [0, 0.05) is 12.6 Å². The predicted octanol–water partition coefficient (Wildman–Crippen LogP) is 4.36. The topological polar surface area (TPSA) is 71.9 Å². The number of methoxy groups -OCH3 is 1. The van der Waals surface area contributed by atoms with Crippen LogP contribution in [0.1, 0.15) is 24.6 Å². The number of phenols is 1. The molecule has 3 aromatic rings. The highest BCUT2D eigenvalue weighted by atomic mass is 16.5. The van der Waals surface area contributed by atoms with Gasteiger partial charge in [0.1, 0.15) is 5.75 Å². The zero-order valence-corrected chi connectivity index (χ0v) is 17.2. The highest BCUT2D eigenvalue weighted by Gasteiger charge is 2.20. The Bertz CT molecular complexity index is 976. The first kappa shape index (κ1) is 21.2. The van der Waals surface area contributed by atoms with Gasteiger partial charge in [0.05, 0.1) is 31.6 Å². The van der Waals surface area contributed by atoms with Crippen molar-refractivity contribution in [1.82, 2.24) is 4.98 Å². The minimum Gasteiger partial charge on any atom is -0.506 e. The summed E-state index contributed by atoms with van der Waals surface area (Å²) in [5, 5.41) is 10.3. The van der Waals surface area contributed by atoms with Crippen LogP contribution in [-0.4, -0.2) is 29.7 Å². The summed E-state index contributed by atoms with van der Waals surface area (Å²) in [6.45, 7) is 2.75. The van der Waals surface area contributed by atoms with Crippen molar-refractivity contribution in [1.29, 1.82) is 0 Å². The molecular formula is C24H26N2O4. The van der Waals surface area contributed by atoms with Crippen LogP contribution in [0.2, 0.25) is 0 Å². The molecule has 1 amide bonds. The van der Waals surface area contributed by atoms with E-state index in [1.807, 2.05) is 43.3 Å². The number of amides is 1. The van der Waals surface area contributed by atoms with Crippen LogP contribution in [-0.2, 0) is 17.8 Å². The fourth-order valence-corrected chi connectivity index (χ4v) is 3.18. The van der Waals surface area contributed by atoms with Crippen LogP contribution in [0.25, 0.3) is 0 Å². The van der Waals surface area contributed by atoms with E-state index in [0.29, 0.717) is 30.2 Å². The van der Waals surface area contributed by atoms with E-state index in [4.69, 9.17) is 9.47 Å². The van der Waals surface area contributed by atoms with E-state index in [1.54, 1.807) is 42.5 Å². The average Bonchev–Trinajstić information content (AvgIpc) is 2.78. The normalized spacial score (nSPS) is 10.5. The Kier molecular flexibility index (Phi) is 7.27. The largest absolute Gasteiger partial charge is 0.506 e. The van der Waals surface area contributed by atoms with Crippen molar-refractivity contribution < 1.29 is 19.4 Å². The summed E-state index contributed by atoms with van der Waals surface area (Å²) in [5.74, 6) is 1.29. The SMILES string of the molecule is CCOc1ccc(CCC(=O)N(Cc2ccccn2)c2ccccc2O)cc1OC. The first-order valence-electron chi connectivity index (χ1n) is 9.90. The number of aryl methyl sites for hydroxylation is 1. The van der Waals surface area contributed by atoms with Crippen LogP contribution < -0.4 is 14.4 Å². The zero-order chi connectivity index (χ0) is 21.3. The summed E-state index contributed by atoms with van der Waals surface area (Å²) >= 11 is 0. The molecule has 6 heteroatoms. The van der Waals surface area contributed by atoms with Crippen molar-refractivity contribution in [3.8, 4) is 17.2 Å². The number of aromatic hydroxyl groups is 1. The predicted molar refractivity (Wildman–Crippen MR) is 116 cm³/mol. The third-order valence-corrected chi connectivity index (χ3v) is 4.68. The van der Waals surface area contributed by atoms with Crippen molar-refractivity contribution in [3.05, 3.63) is 78.1 Å². The lowest BCUT2D eigenvalue weighted by Crippen LogP contribution is -2.31. The highest BCUT2D eigenvalue weighted by molar-refractivity contribution is 5.94. The van der Waals surface area contributed by atoms with Gasteiger partial charge in [-0.1, -0.05) is 24.3 Å². The number of rotatable bonds is 9. The molecule has 1 heterocycles. The number of ether oxygens (including phenoxy) is 2. The fraction of sp³-hybridized carbons (Fsp3) is 0.250. The monoisotopic (exact) mass is 406 g/mol. The van der Waals surface area contributed by atoms with Crippen LogP contribution in [0.15, 0.2) is 66.9 Å². The molecule has 3 rings (SSSR count). The van der Waals surface area contributed by atoms with Gasteiger partial charge in [-0.3, -0.25) is 9.78 Å². The molecule has 0 saturated heterocycles. The summed E-state index contributed by atoms with van der Waals surface area (Å²) < 4.78 is 10.9. The molecule has 1 N–H and O–H groups in total. The molecule has 0 spiro atoms. The molecular weight excluding hydrogens is 380 g/mol. The van der Waals surface area contributed by atoms with Crippen molar-refractivity contribution in [2.75, 3.05) is 18.6 Å². The van der Waals surface area contributed by atoms with Crippen molar-refractivity contribution >= 4 is 11.6 Å². The molecule has 0 aliphatic carbocycles. The standard InChI is InChI=1S/C24H26N2O4/c1-3-30-22-13-11-18(16-23(22)29-2)12-14-24(28)26(17-19-8-6-7-15-25-19)20-9-4-5-10-21(20)27/h4-11,13,15-16,27H,3,12,14,17H2,1-2H3. The van der Waals surface area contributed by atoms with Gasteiger partial charge in [-0.2, -0.15) is 0 Å². The maximum absolute atomic E-state index is 13.1. The van der Waals surface area contributed by atoms with Gasteiger partial charge in [-0.15, -0.1) is 0 Å². The first-order valence-corrected chi connectivity index (χ1v) is 9.90. The van der Waals surface area contributed by atoms with Crippen LogP contribution in [0.5, 0.6) is 17.2 Å². The maximum atomic E-state index is 13.1. The van der Waals surface area contributed by atoms with E-state index in [1.165, 1.54) is 0 Å². The first-order chi connectivity index (χ1) is 14.6. The lowest BCUT2D eigenvalue weighted by molar-refractivity contribution is -0.118. The second-order valence-corrected chi connectivity index (χ2v) is 6.71. The van der Waals surface area contributed by atoms with Crippen LogP contribution >= 0.6 is 0 Å². The van der Waals surface area contributed by atoms with Gasteiger partial charge in [0.25, 0.3) is 0 Å². The maximum Gasteiger partial charge on any atom is 0.227 e. The number of nitrogens with zero attached hydrogens (tertiary/aromatic N) is 2. The van der Waals surface area contributed by atoms with Gasteiger partial charge in [-0.05, 0) is 55.3 Å². The fourth-order valence-electron chi connectivity index (χ4n) is 3.18. The Hall–Kier alpha value is -3.54. The van der Waals surface area contributed by atoms with E-state index in [0.717, 1.165) is 11.3 Å². The molecule has 2 aromatic carbocycles. The van der Waals surface area contributed by atoms with E-state index in [9.17, 15) is 9.90 Å². The molecule has 0 bridgehead atoms. The number of pyridine rings is 1. The lowest BCUT2D eigenvalue weighted by Gasteiger charge is -2.23. The Morgan fingerprint density at radius 3 is 2.57 bits per heavy atom. The minimum atomic E-state index is -0.102. The van der Waals surface area contributed by atoms with Crippen LogP contribution in [0.3, 0.4) is 0 Å². The van der Waals surface area contributed by atoms with Gasteiger partial charge >= 0.3 is 0 Å². The van der Waals surface area contributed by atoms with Crippen LogP contribution in [0, 0.1) is 0 Å². The second-order valence-electron chi connectivity index (χ2n) is 6.71. The van der Waals surface area contributed by atoms with Crippen molar-refractivity contribution in [2.45, 2.75) is 26.3 Å². The molecule has 0 radical (unpaired) electrons. The molecule has 0 saturated carbocycles. The van der Waals surface area contributed by atoms with Gasteiger partial charge in [0.15, 0.2) is 11.5 Å². The summed E-state index contributed by atoms with van der Waals surface area (Å²) in [7, 11) is 1.60. The molecule has 1 aromatic heterocycles. The molecule has 0 atom stereocenters. The molecule has 30 heavy (non-hydrogen) atoms. The number of phenolic OH excluding ortho intramolecular Hbond substituents is 1. The van der Waals surface area contributed by atoms with Gasteiger partial charge in [-0.25, -0.2) is 0 Å². The highest BCUT2D eigenvalue weighted by Crippen LogP contribution is 2.30. The number of para-hydroxylation sites is 2. The van der Waals surface area contributed by atoms with Gasteiger partial charge in [0.2, 0.25) is 5.91 Å². The number of aromatic nitrogens is 1. The van der Waals surface area contributed by atoms with Crippen molar-refractivity contribution in [2.24, 2.45) is 0 Å². The Labute approximate surface area is 176 Å². The Morgan fingerprint density at radius 2 is 1.87 bits per heavy atom. The number of carbonyl (C=O) groups is 1. The second kappa shape index (κ2) is 10.3. The summed E-state index contributed by atoms with van der Waals surface area (Å²) in [5.41, 5.74) is 2.19. The molecule has 0 aliphatic heterocycles. The molecule has 0 fully saturated rings. The number of anilines is 1. The Morgan fingerprint density at radius 1 is 1.07 bits per heavy atom. The van der Waals surface area contributed by atoms with Gasteiger partial charge < -0.3 is 19.5 Å². The third kappa shape index (κ3) is 5.29. The van der Waals surface area contributed by atoms with E-state index >= 15 is 0 Å². The van der Waals surface area contributed by atoms with Crippen molar-refractivity contribution in [3.63, 3.8) is 0 Å². The molecule has 6 nitrogen and oxygen atoms in total. The molecule has 0 aliphatic rings. The third-order valence-electron chi connectivity index (χ3n) is 4.68.